The van der Waals surface area contributed by atoms with Crippen molar-refractivity contribution >= 4 is 18.2 Å². The summed E-state index contributed by atoms with van der Waals surface area (Å²) in [6, 6.07) is 7.71. The van der Waals surface area contributed by atoms with E-state index >= 15 is 0 Å². The zero-order chi connectivity index (χ0) is 26.5. The molecule has 0 fully saturated rings. The van der Waals surface area contributed by atoms with E-state index in [4.69, 9.17) is 18.9 Å². The maximum absolute atomic E-state index is 13.5. The van der Waals surface area contributed by atoms with E-state index in [-0.39, 0.29) is 5.56 Å². The van der Waals surface area contributed by atoms with Crippen LogP contribution in [-0.4, -0.2) is 47.1 Å². The fraction of sp³-hybridized carbons (Fsp3) is 0.583. The molecule has 0 aliphatic heterocycles. The Morgan fingerprint density at radius 3 is 1.68 bits per heavy atom. The lowest BCUT2D eigenvalue weighted by molar-refractivity contribution is -0.168. The van der Waals surface area contributed by atoms with Crippen LogP contribution < -0.4 is 10.2 Å². The number of carbonyl (C=O) groups is 3. The molecule has 0 saturated heterocycles. The number of amides is 2. The highest BCUT2D eigenvalue weighted by molar-refractivity contribution is 5.91. The van der Waals surface area contributed by atoms with Gasteiger partial charge in [0.1, 0.15) is 28.6 Å². The van der Waals surface area contributed by atoms with Crippen molar-refractivity contribution in [1.29, 1.82) is 5.26 Å². The number of rotatable bonds is 4. The molecule has 0 spiro atoms. The summed E-state index contributed by atoms with van der Waals surface area (Å²) in [4.78, 5) is 39.5. The molecule has 1 aromatic rings. The van der Waals surface area contributed by atoms with Crippen LogP contribution in [0.3, 0.4) is 0 Å². The summed E-state index contributed by atoms with van der Waals surface area (Å²) in [5, 5.41) is 10.9. The van der Waals surface area contributed by atoms with Crippen molar-refractivity contribution in [3.63, 3.8) is 0 Å². The quantitative estimate of drug-likeness (QED) is 0.383. The molecule has 1 rings (SSSR count). The first kappa shape index (κ1) is 28.6. The first-order valence-corrected chi connectivity index (χ1v) is 10.7. The third-order valence-electron chi connectivity index (χ3n) is 3.88. The summed E-state index contributed by atoms with van der Waals surface area (Å²) >= 11 is 0. The van der Waals surface area contributed by atoms with Crippen molar-refractivity contribution in [1.82, 2.24) is 10.4 Å². The second kappa shape index (κ2) is 10.2. The van der Waals surface area contributed by atoms with Crippen LogP contribution in [0, 0.1) is 11.3 Å². The Labute approximate surface area is 201 Å². The maximum atomic E-state index is 13.5. The summed E-state index contributed by atoms with van der Waals surface area (Å²) in [6.07, 6.45) is -2.24. The van der Waals surface area contributed by atoms with E-state index in [1.54, 1.807) is 62.3 Å². The van der Waals surface area contributed by atoms with Crippen molar-refractivity contribution in [2.24, 2.45) is 0 Å². The van der Waals surface area contributed by atoms with Gasteiger partial charge in [-0.05, 0) is 74.4 Å². The van der Waals surface area contributed by atoms with Crippen LogP contribution in [0.2, 0.25) is 0 Å². The fourth-order valence-electron chi connectivity index (χ4n) is 2.65. The number of nitrogens with one attached hydrogen (secondary N) is 1. The SMILES string of the molecule is COc1ccc(C(C#N)(C(=O)OC(C)(C)C)N(NC(=O)OC(C)(C)C)C(=O)OC(C)(C)C)cc1. The lowest BCUT2D eigenvalue weighted by atomic mass is 9.90. The van der Waals surface area contributed by atoms with Crippen LogP contribution in [0.15, 0.2) is 24.3 Å². The van der Waals surface area contributed by atoms with Gasteiger partial charge in [-0.2, -0.15) is 10.3 Å². The molecule has 1 atom stereocenters. The number of methoxy groups -OCH3 is 1. The Balaban J connectivity index is 3.79. The number of ether oxygens (including phenoxy) is 4. The number of hydrogen-bond acceptors (Lipinski definition) is 8. The van der Waals surface area contributed by atoms with Gasteiger partial charge in [-0.1, -0.05) is 12.1 Å². The van der Waals surface area contributed by atoms with Crippen molar-refractivity contribution < 1.29 is 33.3 Å². The predicted molar refractivity (Wildman–Crippen MR) is 124 cm³/mol. The van der Waals surface area contributed by atoms with Gasteiger partial charge in [-0.25, -0.2) is 19.8 Å². The minimum atomic E-state index is -2.46. The minimum absolute atomic E-state index is 0.0342. The van der Waals surface area contributed by atoms with Crippen LogP contribution in [0.1, 0.15) is 67.9 Å². The topological polar surface area (TPSA) is 127 Å². The molecule has 0 aromatic heterocycles. The fourth-order valence-corrected chi connectivity index (χ4v) is 2.65. The van der Waals surface area contributed by atoms with Crippen LogP contribution in [0.5, 0.6) is 5.75 Å². The highest BCUT2D eigenvalue weighted by atomic mass is 16.6. The van der Waals surface area contributed by atoms with Gasteiger partial charge in [0.15, 0.2) is 0 Å². The summed E-state index contributed by atoms with van der Waals surface area (Å²) in [7, 11) is 1.46. The molecule has 0 radical (unpaired) electrons. The number of hydrogen-bond donors (Lipinski definition) is 1. The first-order valence-electron chi connectivity index (χ1n) is 10.7. The second-order valence-electron chi connectivity index (χ2n) is 10.5. The highest BCUT2D eigenvalue weighted by Gasteiger charge is 2.54. The van der Waals surface area contributed by atoms with Gasteiger partial charge in [0.2, 0.25) is 0 Å². The Morgan fingerprint density at radius 1 is 0.824 bits per heavy atom. The third kappa shape index (κ3) is 7.83. The number of esters is 1. The Bertz CT molecular complexity index is 932. The third-order valence-corrected chi connectivity index (χ3v) is 3.88. The zero-order valence-electron chi connectivity index (χ0n) is 21.6. The molecule has 0 aliphatic carbocycles. The lowest BCUT2D eigenvalue weighted by Crippen LogP contribution is -2.63. The number of nitriles is 1. The van der Waals surface area contributed by atoms with Gasteiger partial charge < -0.3 is 18.9 Å². The van der Waals surface area contributed by atoms with E-state index in [1.807, 2.05) is 6.07 Å². The van der Waals surface area contributed by atoms with E-state index < -0.39 is 40.5 Å². The average Bonchev–Trinajstić information content (AvgIpc) is 2.64. The monoisotopic (exact) mass is 477 g/mol. The normalized spacial score (nSPS) is 13.6. The van der Waals surface area contributed by atoms with E-state index in [9.17, 15) is 19.6 Å². The van der Waals surface area contributed by atoms with E-state index in [0.29, 0.717) is 10.8 Å². The molecule has 188 valence electrons. The number of hydrazine groups is 1. The van der Waals surface area contributed by atoms with Gasteiger partial charge in [-0.3, -0.25) is 0 Å². The molecule has 0 aliphatic rings. The molecular weight excluding hydrogens is 442 g/mol. The largest absolute Gasteiger partial charge is 0.497 e. The molecule has 10 heteroatoms. The summed E-state index contributed by atoms with van der Waals surface area (Å²) in [5.74, 6) is -0.654. The first-order chi connectivity index (χ1) is 15.3. The molecule has 2 amide bonds. The Hall–Kier alpha value is -3.48. The molecule has 1 N–H and O–H groups in total. The number of nitrogens with zero attached hydrogens (tertiary/aromatic N) is 2. The Kier molecular flexibility index (Phi) is 8.57. The molecule has 0 saturated carbocycles. The van der Waals surface area contributed by atoms with Crippen LogP contribution in [0.4, 0.5) is 9.59 Å². The van der Waals surface area contributed by atoms with Crippen molar-refractivity contribution in [2.45, 2.75) is 84.7 Å². The van der Waals surface area contributed by atoms with Gasteiger partial charge in [0, 0.05) is 5.56 Å². The highest BCUT2D eigenvalue weighted by Crippen LogP contribution is 2.33. The lowest BCUT2D eigenvalue weighted by Gasteiger charge is -2.38. The molecule has 1 unspecified atom stereocenters. The van der Waals surface area contributed by atoms with Gasteiger partial charge in [0.05, 0.1) is 7.11 Å². The zero-order valence-corrected chi connectivity index (χ0v) is 21.6. The molecule has 1 aromatic carbocycles. The summed E-state index contributed by atoms with van der Waals surface area (Å²) in [5.41, 5.74) is -3.16. The Morgan fingerprint density at radius 2 is 1.29 bits per heavy atom. The van der Waals surface area contributed by atoms with Crippen molar-refractivity contribution in [3.05, 3.63) is 29.8 Å². The smallest absolute Gasteiger partial charge is 0.431 e. The van der Waals surface area contributed by atoms with Crippen LogP contribution in [-0.2, 0) is 24.5 Å². The second-order valence-corrected chi connectivity index (χ2v) is 10.5. The van der Waals surface area contributed by atoms with E-state index in [0.717, 1.165) is 0 Å². The predicted octanol–water partition coefficient (Wildman–Crippen LogP) is 4.43. The van der Waals surface area contributed by atoms with Gasteiger partial charge >= 0.3 is 18.2 Å². The standard InChI is InChI=1S/C24H35N3O7/c1-21(2,3)32-18(28)24(15-25,16-11-13-17(31-10)14-12-16)27(20(30)34-23(7,8)9)26-19(29)33-22(4,5)6/h11-14H,1-10H3,(H,26,29). The van der Waals surface area contributed by atoms with E-state index in [1.165, 1.54) is 31.4 Å². The van der Waals surface area contributed by atoms with Crippen LogP contribution in [0.25, 0.3) is 0 Å². The molecule has 34 heavy (non-hydrogen) atoms. The molecule has 10 nitrogen and oxygen atoms in total. The number of carbonyl (C=O) groups excluding carboxylic acids is 3. The van der Waals surface area contributed by atoms with Crippen molar-refractivity contribution in [3.8, 4) is 11.8 Å². The van der Waals surface area contributed by atoms with E-state index in [2.05, 4.69) is 5.43 Å². The summed E-state index contributed by atoms with van der Waals surface area (Å²) in [6.45, 7) is 14.5. The van der Waals surface area contributed by atoms with Crippen molar-refractivity contribution in [2.75, 3.05) is 7.11 Å². The molecule has 0 heterocycles. The minimum Gasteiger partial charge on any atom is -0.497 e. The van der Waals surface area contributed by atoms with Gasteiger partial charge in [0.25, 0.3) is 5.54 Å². The number of benzene rings is 1. The maximum Gasteiger partial charge on any atom is 0.431 e. The van der Waals surface area contributed by atoms with Crippen LogP contribution >= 0.6 is 0 Å². The molecular formula is C24H35N3O7. The summed E-state index contributed by atoms with van der Waals surface area (Å²) < 4.78 is 21.3. The molecule has 0 bridgehead atoms. The van der Waals surface area contributed by atoms with Gasteiger partial charge in [-0.15, -0.1) is 0 Å². The average molecular weight is 478 g/mol.